The summed E-state index contributed by atoms with van der Waals surface area (Å²) in [5, 5.41) is 11.8. The maximum Gasteiger partial charge on any atom is 0.322 e. The van der Waals surface area contributed by atoms with E-state index in [0.29, 0.717) is 16.7 Å². The number of likely N-dealkylation sites (tertiary alicyclic amines) is 1. The Bertz CT molecular complexity index is 456. The largest absolute Gasteiger partial charge is 0.394 e. The van der Waals surface area contributed by atoms with Crippen LogP contribution in [-0.4, -0.2) is 35.2 Å². The van der Waals surface area contributed by atoms with Crippen LogP contribution in [0.1, 0.15) is 12.8 Å². The van der Waals surface area contributed by atoms with Gasteiger partial charge < -0.3 is 15.3 Å². The minimum absolute atomic E-state index is 0.0396. The minimum atomic E-state index is -0.423. The molecule has 0 unspecified atom stereocenters. The average molecular weight is 317 g/mol. The zero-order valence-electron chi connectivity index (χ0n) is 9.70. The van der Waals surface area contributed by atoms with Gasteiger partial charge in [0.15, 0.2) is 0 Å². The number of aliphatic hydroxyl groups is 1. The van der Waals surface area contributed by atoms with E-state index in [4.69, 9.17) is 5.11 Å². The summed E-state index contributed by atoms with van der Waals surface area (Å²) >= 11 is 3.05. The summed E-state index contributed by atoms with van der Waals surface area (Å²) in [6.45, 7) is 0.582. The quantitative estimate of drug-likeness (QED) is 0.881. The van der Waals surface area contributed by atoms with Gasteiger partial charge in [0.05, 0.1) is 17.1 Å². The smallest absolute Gasteiger partial charge is 0.322 e. The van der Waals surface area contributed by atoms with E-state index in [2.05, 4.69) is 21.2 Å². The molecule has 1 aliphatic rings. The first-order valence-electron chi connectivity index (χ1n) is 5.75. The van der Waals surface area contributed by atoms with Crippen LogP contribution in [0.2, 0.25) is 0 Å². The van der Waals surface area contributed by atoms with E-state index in [1.165, 1.54) is 6.07 Å². The fourth-order valence-electron chi connectivity index (χ4n) is 2.06. The summed E-state index contributed by atoms with van der Waals surface area (Å²) in [6, 6.07) is 3.98. The van der Waals surface area contributed by atoms with Crippen LogP contribution >= 0.6 is 15.9 Å². The van der Waals surface area contributed by atoms with E-state index >= 15 is 0 Å². The van der Waals surface area contributed by atoms with E-state index in [1.54, 1.807) is 17.0 Å². The molecule has 2 N–H and O–H groups in total. The molecule has 2 rings (SSSR count). The molecule has 98 valence electrons. The monoisotopic (exact) mass is 316 g/mol. The number of nitrogens with one attached hydrogen (secondary N) is 1. The summed E-state index contributed by atoms with van der Waals surface area (Å²) < 4.78 is 13.7. The van der Waals surface area contributed by atoms with Gasteiger partial charge in [0.2, 0.25) is 0 Å². The van der Waals surface area contributed by atoms with E-state index < -0.39 is 5.82 Å². The molecule has 0 bridgehead atoms. The lowest BCUT2D eigenvalue weighted by atomic mass is 10.2. The molecule has 2 amide bonds. The third-order valence-corrected chi connectivity index (χ3v) is 3.66. The van der Waals surface area contributed by atoms with Crippen molar-refractivity contribution in [1.29, 1.82) is 0 Å². The SMILES string of the molecule is O=C(Nc1ccc(Br)c(F)c1)N1CCC[C@@H]1CO. The zero-order valence-corrected chi connectivity index (χ0v) is 11.3. The van der Waals surface area contributed by atoms with Crippen LogP contribution in [0.5, 0.6) is 0 Å². The van der Waals surface area contributed by atoms with E-state index in [0.717, 1.165) is 12.8 Å². The van der Waals surface area contributed by atoms with Gasteiger partial charge in [-0.15, -0.1) is 0 Å². The molecule has 1 aliphatic heterocycles. The highest BCUT2D eigenvalue weighted by Gasteiger charge is 2.28. The van der Waals surface area contributed by atoms with Gasteiger partial charge in [-0.1, -0.05) is 0 Å². The number of rotatable bonds is 2. The van der Waals surface area contributed by atoms with Crippen LogP contribution in [0.4, 0.5) is 14.9 Å². The zero-order chi connectivity index (χ0) is 13.1. The molecule has 0 spiro atoms. The van der Waals surface area contributed by atoms with Gasteiger partial charge in [0, 0.05) is 12.2 Å². The molecule has 1 aromatic rings. The third-order valence-electron chi connectivity index (χ3n) is 3.02. The second-order valence-corrected chi connectivity index (χ2v) is 5.09. The Labute approximate surface area is 113 Å². The maximum absolute atomic E-state index is 13.3. The standard InChI is InChI=1S/C12H14BrFN2O2/c13-10-4-3-8(6-11(10)14)15-12(18)16-5-1-2-9(16)7-17/h3-4,6,9,17H,1-2,5,7H2,(H,15,18)/t9-/m1/s1. The average Bonchev–Trinajstić information content (AvgIpc) is 2.82. The van der Waals surface area contributed by atoms with Gasteiger partial charge in [-0.25, -0.2) is 9.18 Å². The van der Waals surface area contributed by atoms with Gasteiger partial charge in [-0.05, 0) is 47.0 Å². The Hall–Kier alpha value is -1.14. The Balaban J connectivity index is 2.04. The van der Waals surface area contributed by atoms with Crippen molar-refractivity contribution in [3.63, 3.8) is 0 Å². The molecule has 0 saturated carbocycles. The highest BCUT2D eigenvalue weighted by atomic mass is 79.9. The summed E-state index contributed by atoms with van der Waals surface area (Å²) in [6.07, 6.45) is 1.69. The molecule has 4 nitrogen and oxygen atoms in total. The molecule has 18 heavy (non-hydrogen) atoms. The number of benzene rings is 1. The number of hydrogen-bond acceptors (Lipinski definition) is 2. The summed E-state index contributed by atoms with van der Waals surface area (Å²) in [4.78, 5) is 13.5. The Morgan fingerprint density at radius 1 is 1.61 bits per heavy atom. The van der Waals surface area contributed by atoms with Gasteiger partial charge in [0.25, 0.3) is 0 Å². The third kappa shape index (κ3) is 2.81. The number of aliphatic hydroxyl groups excluding tert-OH is 1. The number of urea groups is 1. The molecule has 0 aromatic heterocycles. The second-order valence-electron chi connectivity index (χ2n) is 4.23. The molecule has 1 saturated heterocycles. The lowest BCUT2D eigenvalue weighted by Crippen LogP contribution is -2.40. The van der Waals surface area contributed by atoms with Gasteiger partial charge in [0.1, 0.15) is 5.82 Å². The molecule has 0 aliphatic carbocycles. The van der Waals surface area contributed by atoms with Crippen molar-refractivity contribution in [3.05, 3.63) is 28.5 Å². The Morgan fingerprint density at radius 3 is 3.06 bits per heavy atom. The minimum Gasteiger partial charge on any atom is -0.394 e. The van der Waals surface area contributed by atoms with Crippen LogP contribution in [0.15, 0.2) is 22.7 Å². The molecular formula is C12H14BrFN2O2. The van der Waals surface area contributed by atoms with E-state index in [-0.39, 0.29) is 18.7 Å². The first-order valence-corrected chi connectivity index (χ1v) is 6.54. The van der Waals surface area contributed by atoms with Crippen molar-refractivity contribution in [2.45, 2.75) is 18.9 Å². The van der Waals surface area contributed by atoms with Crippen molar-refractivity contribution in [1.82, 2.24) is 4.90 Å². The summed E-state index contributed by atoms with van der Waals surface area (Å²) in [5.41, 5.74) is 0.407. The number of nitrogens with zero attached hydrogens (tertiary/aromatic N) is 1. The van der Waals surface area contributed by atoms with Crippen molar-refractivity contribution in [3.8, 4) is 0 Å². The highest BCUT2D eigenvalue weighted by molar-refractivity contribution is 9.10. The number of anilines is 1. The number of carbonyl (C=O) groups excluding carboxylic acids is 1. The fraction of sp³-hybridized carbons (Fsp3) is 0.417. The van der Waals surface area contributed by atoms with Crippen molar-refractivity contribution in [2.24, 2.45) is 0 Å². The Morgan fingerprint density at radius 2 is 2.39 bits per heavy atom. The van der Waals surface area contributed by atoms with Gasteiger partial charge >= 0.3 is 6.03 Å². The predicted octanol–water partition coefficient (Wildman–Crippen LogP) is 2.58. The normalized spacial score (nSPS) is 19.1. The summed E-state index contributed by atoms with van der Waals surface area (Å²) in [7, 11) is 0. The van der Waals surface area contributed by atoms with Crippen molar-refractivity contribution in [2.75, 3.05) is 18.5 Å². The molecular weight excluding hydrogens is 303 g/mol. The lowest BCUT2D eigenvalue weighted by molar-refractivity contribution is 0.166. The predicted molar refractivity (Wildman–Crippen MR) is 69.9 cm³/mol. The highest BCUT2D eigenvalue weighted by Crippen LogP contribution is 2.21. The number of carbonyl (C=O) groups is 1. The molecule has 6 heteroatoms. The Kier molecular flexibility index (Phi) is 4.19. The number of hydrogen-bond donors (Lipinski definition) is 2. The van der Waals surface area contributed by atoms with Gasteiger partial charge in [-0.2, -0.15) is 0 Å². The number of halogens is 2. The lowest BCUT2D eigenvalue weighted by Gasteiger charge is -2.23. The second kappa shape index (κ2) is 5.67. The fourth-order valence-corrected chi connectivity index (χ4v) is 2.31. The van der Waals surface area contributed by atoms with Crippen LogP contribution in [-0.2, 0) is 0 Å². The molecule has 1 heterocycles. The van der Waals surface area contributed by atoms with Crippen LogP contribution in [0.3, 0.4) is 0 Å². The van der Waals surface area contributed by atoms with Crippen LogP contribution < -0.4 is 5.32 Å². The van der Waals surface area contributed by atoms with Crippen molar-refractivity contribution >= 4 is 27.6 Å². The van der Waals surface area contributed by atoms with Crippen molar-refractivity contribution < 1.29 is 14.3 Å². The van der Waals surface area contributed by atoms with Crippen LogP contribution in [0.25, 0.3) is 0 Å². The molecule has 0 radical (unpaired) electrons. The van der Waals surface area contributed by atoms with E-state index in [1.807, 2.05) is 0 Å². The maximum atomic E-state index is 13.3. The summed E-state index contributed by atoms with van der Waals surface area (Å²) in [5.74, 6) is -0.423. The van der Waals surface area contributed by atoms with Gasteiger partial charge in [-0.3, -0.25) is 0 Å². The van der Waals surface area contributed by atoms with Crippen LogP contribution in [0, 0.1) is 5.82 Å². The first kappa shape index (κ1) is 13.3. The first-order chi connectivity index (χ1) is 8.61. The molecule has 1 atom stereocenters. The van der Waals surface area contributed by atoms with E-state index in [9.17, 15) is 9.18 Å². The number of amides is 2. The molecule has 1 fully saturated rings. The topological polar surface area (TPSA) is 52.6 Å². The molecule has 1 aromatic carbocycles.